The van der Waals surface area contributed by atoms with Gasteiger partial charge in [-0.1, -0.05) is 12.1 Å². The van der Waals surface area contributed by atoms with Crippen molar-refractivity contribution >= 4 is 11.7 Å². The van der Waals surface area contributed by atoms with Crippen LogP contribution in [0.15, 0.2) is 39.9 Å². The molecular formula is C17H19FN4O4. The molecule has 1 amide bonds. The summed E-state index contributed by atoms with van der Waals surface area (Å²) in [5.41, 5.74) is -0.871. The topological polar surface area (TPSA) is 87.6 Å². The molecule has 0 unspecified atom stereocenters. The fraction of sp³-hybridized carbons (Fsp3) is 0.353. The van der Waals surface area contributed by atoms with Gasteiger partial charge in [-0.05, 0) is 12.1 Å². The zero-order chi connectivity index (χ0) is 18.7. The van der Waals surface area contributed by atoms with Gasteiger partial charge < -0.3 is 14.5 Å². The van der Waals surface area contributed by atoms with Crippen LogP contribution >= 0.6 is 0 Å². The summed E-state index contributed by atoms with van der Waals surface area (Å²) in [4.78, 5) is 41.7. The Hall–Kier alpha value is -3.10. The summed E-state index contributed by atoms with van der Waals surface area (Å²) < 4.78 is 19.7. The van der Waals surface area contributed by atoms with E-state index in [0.717, 1.165) is 4.57 Å². The first-order chi connectivity index (χ1) is 12.5. The Morgan fingerprint density at radius 2 is 1.88 bits per heavy atom. The molecule has 1 aromatic heterocycles. The number of ether oxygens (including phenoxy) is 1. The lowest BCUT2D eigenvalue weighted by Gasteiger charge is -2.35. The van der Waals surface area contributed by atoms with Crippen molar-refractivity contribution in [1.82, 2.24) is 14.5 Å². The maximum absolute atomic E-state index is 13.5. The van der Waals surface area contributed by atoms with Crippen molar-refractivity contribution in [3.05, 3.63) is 57.0 Å². The Bertz CT molecular complexity index is 884. The minimum Gasteiger partial charge on any atom is -0.481 e. The molecule has 8 nitrogen and oxygen atoms in total. The van der Waals surface area contributed by atoms with E-state index < -0.39 is 11.5 Å². The van der Waals surface area contributed by atoms with Gasteiger partial charge in [0.25, 0.3) is 11.5 Å². The van der Waals surface area contributed by atoms with Crippen LogP contribution in [0.5, 0.6) is 5.75 Å². The van der Waals surface area contributed by atoms with Crippen LogP contribution in [0.4, 0.5) is 10.2 Å². The van der Waals surface area contributed by atoms with Crippen molar-refractivity contribution < 1.29 is 13.9 Å². The molecule has 2 heterocycles. The van der Waals surface area contributed by atoms with Gasteiger partial charge in [0, 0.05) is 39.3 Å². The number of aromatic amines is 1. The van der Waals surface area contributed by atoms with Crippen LogP contribution in [0.2, 0.25) is 0 Å². The average molecular weight is 362 g/mol. The largest absolute Gasteiger partial charge is 0.481 e. The molecule has 0 radical (unpaired) electrons. The van der Waals surface area contributed by atoms with Crippen LogP contribution < -0.4 is 20.9 Å². The number of halogens is 1. The summed E-state index contributed by atoms with van der Waals surface area (Å²) in [5, 5.41) is 0. The molecule has 0 aliphatic carbocycles. The van der Waals surface area contributed by atoms with Gasteiger partial charge in [-0.25, -0.2) is 9.18 Å². The number of piperazine rings is 1. The monoisotopic (exact) mass is 362 g/mol. The van der Waals surface area contributed by atoms with E-state index in [2.05, 4.69) is 4.98 Å². The van der Waals surface area contributed by atoms with E-state index in [1.165, 1.54) is 25.2 Å². The number of carbonyl (C=O) groups excluding carboxylic acids is 1. The number of nitrogens with zero attached hydrogens (tertiary/aromatic N) is 3. The predicted molar refractivity (Wildman–Crippen MR) is 93.0 cm³/mol. The van der Waals surface area contributed by atoms with Gasteiger partial charge in [-0.3, -0.25) is 19.1 Å². The van der Waals surface area contributed by atoms with Gasteiger partial charge in [0.1, 0.15) is 5.82 Å². The zero-order valence-corrected chi connectivity index (χ0v) is 14.3. The molecule has 1 fully saturated rings. The second-order valence-corrected chi connectivity index (χ2v) is 5.94. The predicted octanol–water partition coefficient (Wildman–Crippen LogP) is -0.0597. The first-order valence-electron chi connectivity index (χ1n) is 8.16. The van der Waals surface area contributed by atoms with Crippen LogP contribution in [-0.2, 0) is 11.8 Å². The summed E-state index contributed by atoms with van der Waals surface area (Å²) in [6.07, 6.45) is 0. The molecule has 1 aliphatic heterocycles. The van der Waals surface area contributed by atoms with Crippen molar-refractivity contribution in [3.63, 3.8) is 0 Å². The maximum Gasteiger partial charge on any atom is 0.329 e. The Morgan fingerprint density at radius 3 is 2.54 bits per heavy atom. The number of aromatic nitrogens is 2. The molecule has 26 heavy (non-hydrogen) atoms. The van der Waals surface area contributed by atoms with Crippen molar-refractivity contribution in [2.75, 3.05) is 37.7 Å². The second-order valence-electron chi connectivity index (χ2n) is 5.94. The number of amides is 1. The molecule has 9 heteroatoms. The summed E-state index contributed by atoms with van der Waals surface area (Å²) in [6.45, 7) is 1.51. The van der Waals surface area contributed by atoms with Crippen LogP contribution in [0.1, 0.15) is 0 Å². The number of benzene rings is 1. The van der Waals surface area contributed by atoms with Gasteiger partial charge in [0.2, 0.25) is 0 Å². The molecule has 1 N–H and O–H groups in total. The van der Waals surface area contributed by atoms with Crippen LogP contribution in [-0.4, -0.2) is 53.1 Å². The number of hydrogen-bond acceptors (Lipinski definition) is 5. The minimum absolute atomic E-state index is 0.0391. The highest BCUT2D eigenvalue weighted by Crippen LogP contribution is 2.16. The van der Waals surface area contributed by atoms with Crippen molar-refractivity contribution in [3.8, 4) is 5.75 Å². The van der Waals surface area contributed by atoms with Gasteiger partial charge in [0.05, 0.1) is 0 Å². The van der Waals surface area contributed by atoms with Crippen molar-refractivity contribution in [2.45, 2.75) is 0 Å². The molecule has 0 saturated carbocycles. The molecule has 0 bridgehead atoms. The standard InChI is InChI=1S/C17H19FN4O4/c1-20-15(23)10-14(19-17(20)25)21-6-8-22(9-7-21)16(24)11-26-13-5-3-2-4-12(13)18/h2-5,10H,6-9,11H2,1H3,(H,19,25). The number of para-hydroxylation sites is 1. The molecule has 0 atom stereocenters. The number of hydrogen-bond donors (Lipinski definition) is 1. The van der Waals surface area contributed by atoms with E-state index in [9.17, 15) is 18.8 Å². The third kappa shape index (κ3) is 3.76. The molecule has 1 aromatic carbocycles. The normalized spacial score (nSPS) is 14.4. The highest BCUT2D eigenvalue weighted by Gasteiger charge is 2.22. The van der Waals surface area contributed by atoms with Crippen molar-refractivity contribution in [1.29, 1.82) is 0 Å². The number of H-pyrrole nitrogens is 1. The van der Waals surface area contributed by atoms with Crippen LogP contribution in [0, 0.1) is 5.82 Å². The second kappa shape index (κ2) is 7.42. The number of nitrogens with one attached hydrogen (secondary N) is 1. The highest BCUT2D eigenvalue weighted by molar-refractivity contribution is 5.78. The van der Waals surface area contributed by atoms with E-state index in [0.29, 0.717) is 32.0 Å². The van der Waals surface area contributed by atoms with E-state index >= 15 is 0 Å². The fourth-order valence-corrected chi connectivity index (χ4v) is 2.70. The van der Waals surface area contributed by atoms with Crippen LogP contribution in [0.25, 0.3) is 0 Å². The highest BCUT2D eigenvalue weighted by atomic mass is 19.1. The molecule has 0 spiro atoms. The van der Waals surface area contributed by atoms with Gasteiger partial charge in [0.15, 0.2) is 18.2 Å². The van der Waals surface area contributed by atoms with E-state index in [1.807, 2.05) is 4.90 Å². The Morgan fingerprint density at radius 1 is 1.19 bits per heavy atom. The number of rotatable bonds is 4. The summed E-state index contributed by atoms with van der Waals surface area (Å²) in [5.74, 6) is -0.282. The minimum atomic E-state index is -0.514. The molecule has 1 saturated heterocycles. The Labute approximate surface area is 148 Å². The maximum atomic E-state index is 13.5. The third-order valence-electron chi connectivity index (χ3n) is 4.29. The molecule has 2 aromatic rings. The summed E-state index contributed by atoms with van der Waals surface area (Å²) in [6, 6.07) is 7.27. The summed E-state index contributed by atoms with van der Waals surface area (Å²) in [7, 11) is 1.40. The van der Waals surface area contributed by atoms with Gasteiger partial charge in [-0.15, -0.1) is 0 Å². The SMILES string of the molecule is Cn1c(=O)cc(N2CCN(C(=O)COc3ccccc3F)CC2)[nH]c1=O. The molecule has 1 aliphatic rings. The van der Waals surface area contributed by atoms with E-state index in [-0.39, 0.29) is 23.8 Å². The van der Waals surface area contributed by atoms with Gasteiger partial charge >= 0.3 is 5.69 Å². The zero-order valence-electron chi connectivity index (χ0n) is 14.3. The average Bonchev–Trinajstić information content (AvgIpc) is 2.65. The number of anilines is 1. The van der Waals surface area contributed by atoms with Crippen molar-refractivity contribution in [2.24, 2.45) is 7.05 Å². The smallest absolute Gasteiger partial charge is 0.329 e. The fourth-order valence-electron chi connectivity index (χ4n) is 2.70. The number of carbonyl (C=O) groups is 1. The van der Waals surface area contributed by atoms with E-state index in [1.54, 1.807) is 17.0 Å². The Balaban J connectivity index is 1.56. The molecule has 138 valence electrons. The van der Waals surface area contributed by atoms with Gasteiger partial charge in [-0.2, -0.15) is 0 Å². The Kier molecular flexibility index (Phi) is 5.06. The van der Waals surface area contributed by atoms with E-state index in [4.69, 9.17) is 4.74 Å². The lowest BCUT2D eigenvalue weighted by molar-refractivity contribution is -0.133. The first kappa shape index (κ1) is 17.7. The van der Waals surface area contributed by atoms with Crippen LogP contribution in [0.3, 0.4) is 0 Å². The molecule has 3 rings (SSSR count). The first-order valence-corrected chi connectivity index (χ1v) is 8.16. The molecular weight excluding hydrogens is 343 g/mol. The quantitative estimate of drug-likeness (QED) is 0.823. The lowest BCUT2D eigenvalue weighted by atomic mass is 10.3. The lowest BCUT2D eigenvalue weighted by Crippen LogP contribution is -2.51. The summed E-state index contributed by atoms with van der Waals surface area (Å²) >= 11 is 0. The third-order valence-corrected chi connectivity index (χ3v) is 4.29.